The summed E-state index contributed by atoms with van der Waals surface area (Å²) in [5.74, 6) is 1.84. The van der Waals surface area contributed by atoms with Crippen LogP contribution >= 0.6 is 0 Å². The van der Waals surface area contributed by atoms with E-state index in [2.05, 4.69) is 278 Å². The molecule has 0 saturated carbocycles. The van der Waals surface area contributed by atoms with Crippen molar-refractivity contribution < 1.29 is 4.74 Å². The van der Waals surface area contributed by atoms with Crippen LogP contribution in [-0.4, -0.2) is 0 Å². The Morgan fingerprint density at radius 2 is 0.704 bits per heavy atom. The monoisotopic (exact) mass is 903 g/mol. The van der Waals surface area contributed by atoms with E-state index in [1.165, 1.54) is 44.5 Å². The lowest BCUT2D eigenvalue weighted by molar-refractivity contribution is 0.447. The van der Waals surface area contributed by atoms with E-state index in [4.69, 9.17) is 4.74 Å². The fourth-order valence-corrected chi connectivity index (χ4v) is 11.7. The number of nitrogens with zero attached hydrogens (tertiary/aromatic N) is 1. The van der Waals surface area contributed by atoms with Gasteiger partial charge in [-0.15, -0.1) is 0 Å². The highest BCUT2D eigenvalue weighted by molar-refractivity contribution is 6.02. The molecule has 0 radical (unpaired) electrons. The molecule has 2 aliphatic rings. The second kappa shape index (κ2) is 16.5. The molecule has 1 heterocycles. The Labute approximate surface area is 414 Å². The van der Waals surface area contributed by atoms with Crippen molar-refractivity contribution in [1.82, 2.24) is 0 Å². The van der Waals surface area contributed by atoms with E-state index >= 15 is 0 Å². The van der Waals surface area contributed by atoms with E-state index in [-0.39, 0.29) is 0 Å². The Balaban J connectivity index is 1.01. The highest BCUT2D eigenvalue weighted by Crippen LogP contribution is 2.65. The number of fused-ring (bicyclic) bond motifs is 13. The third-order valence-electron chi connectivity index (χ3n) is 14.9. The molecule has 0 unspecified atom stereocenters. The van der Waals surface area contributed by atoms with Crippen LogP contribution in [0.1, 0.15) is 22.3 Å². The maximum absolute atomic E-state index is 7.27. The van der Waals surface area contributed by atoms with Crippen molar-refractivity contribution in [3.8, 4) is 67.1 Å². The van der Waals surface area contributed by atoms with Crippen molar-refractivity contribution in [2.75, 3.05) is 4.90 Å². The van der Waals surface area contributed by atoms with Crippen molar-refractivity contribution in [2.45, 2.75) is 5.41 Å². The van der Waals surface area contributed by atoms with Crippen LogP contribution < -0.4 is 9.64 Å². The molecule has 0 aromatic heterocycles. The van der Waals surface area contributed by atoms with Gasteiger partial charge in [0.15, 0.2) is 0 Å². The first-order valence-corrected chi connectivity index (χ1v) is 24.5. The second-order valence-corrected chi connectivity index (χ2v) is 18.8. The van der Waals surface area contributed by atoms with Gasteiger partial charge in [0, 0.05) is 39.0 Å². The largest absolute Gasteiger partial charge is 0.455 e. The Morgan fingerprint density at radius 1 is 0.268 bits per heavy atom. The van der Waals surface area contributed by atoms with Crippen molar-refractivity contribution >= 4 is 38.6 Å². The van der Waals surface area contributed by atoms with Crippen molar-refractivity contribution in [1.29, 1.82) is 0 Å². The molecule has 0 amide bonds. The third-order valence-corrected chi connectivity index (χ3v) is 14.9. The summed E-state index contributed by atoms with van der Waals surface area (Å²) in [4.78, 5) is 2.44. The predicted molar refractivity (Wildman–Crippen MR) is 295 cm³/mol. The number of hydrogen-bond donors (Lipinski definition) is 0. The second-order valence-electron chi connectivity index (χ2n) is 18.8. The maximum atomic E-state index is 7.27. The highest BCUT2D eigenvalue weighted by atomic mass is 16.5. The number of ether oxygens (including phenoxy) is 1. The Kier molecular flexibility index (Phi) is 9.47. The standard InChI is InChI=1S/C69H45NO/c1-4-19-46(20-5-1)51-27-16-29-55(42-51)70(57-44-53(47-21-6-2-7-22-47)41-54(45-57)48-23-8-3-9-24-48)56-30-17-28-52(43-56)58-34-18-36-63-66(58)61-33-14-15-35-62(61)69(63)64-39-37-49-25-10-12-31-59(49)67(64)71-68-60-32-13-11-26-50(60)38-40-65(68)69/h1-45H. The van der Waals surface area contributed by atoms with E-state index in [0.29, 0.717) is 0 Å². The van der Waals surface area contributed by atoms with Crippen LogP contribution in [-0.2, 0) is 5.41 Å². The fraction of sp³-hybridized carbons (Fsp3) is 0.0145. The van der Waals surface area contributed by atoms with Crippen LogP contribution in [0.5, 0.6) is 11.5 Å². The normalized spacial score (nSPS) is 12.7. The number of benzene rings is 12. The average molecular weight is 904 g/mol. The van der Waals surface area contributed by atoms with Gasteiger partial charge in [-0.2, -0.15) is 0 Å². The first-order valence-electron chi connectivity index (χ1n) is 24.5. The Bertz CT molecular complexity index is 3880. The lowest BCUT2D eigenvalue weighted by Crippen LogP contribution is -2.32. The van der Waals surface area contributed by atoms with Crippen LogP contribution in [0.3, 0.4) is 0 Å². The van der Waals surface area contributed by atoms with Crippen LogP contribution in [0.15, 0.2) is 273 Å². The molecule has 14 rings (SSSR count). The molecule has 71 heavy (non-hydrogen) atoms. The van der Waals surface area contributed by atoms with E-state index in [1.807, 2.05) is 0 Å². The van der Waals surface area contributed by atoms with Crippen molar-refractivity contribution in [2.24, 2.45) is 0 Å². The number of hydrogen-bond acceptors (Lipinski definition) is 2. The minimum absolute atomic E-state index is 0.647. The molecule has 332 valence electrons. The van der Waals surface area contributed by atoms with E-state index < -0.39 is 5.41 Å². The summed E-state index contributed by atoms with van der Waals surface area (Å²) in [6, 6.07) is 99.8. The summed E-state index contributed by atoms with van der Waals surface area (Å²) in [6.07, 6.45) is 0. The first-order chi connectivity index (χ1) is 35.2. The van der Waals surface area contributed by atoms with Gasteiger partial charge in [0.05, 0.1) is 5.41 Å². The number of rotatable bonds is 7. The zero-order valence-electron chi connectivity index (χ0n) is 38.8. The fourth-order valence-electron chi connectivity index (χ4n) is 11.7. The first kappa shape index (κ1) is 40.8. The summed E-state index contributed by atoms with van der Waals surface area (Å²) < 4.78 is 7.27. The molecular formula is C69H45NO. The molecule has 1 spiro atoms. The van der Waals surface area contributed by atoms with Gasteiger partial charge in [0.25, 0.3) is 0 Å². The predicted octanol–water partition coefficient (Wildman–Crippen LogP) is 18.6. The van der Waals surface area contributed by atoms with Crippen molar-refractivity contribution in [3.05, 3.63) is 295 Å². The highest BCUT2D eigenvalue weighted by Gasteiger charge is 2.52. The zero-order valence-corrected chi connectivity index (χ0v) is 38.8. The van der Waals surface area contributed by atoms with Gasteiger partial charge in [-0.3, -0.25) is 0 Å². The van der Waals surface area contributed by atoms with Gasteiger partial charge in [0.2, 0.25) is 0 Å². The lowest BCUT2D eigenvalue weighted by atomic mass is 9.65. The maximum Gasteiger partial charge on any atom is 0.140 e. The summed E-state index contributed by atoms with van der Waals surface area (Å²) in [5, 5.41) is 4.54. The van der Waals surface area contributed by atoms with Gasteiger partial charge in [-0.25, -0.2) is 0 Å². The lowest BCUT2D eigenvalue weighted by Gasteiger charge is -2.40. The smallest absolute Gasteiger partial charge is 0.140 e. The van der Waals surface area contributed by atoms with Crippen LogP contribution in [0.2, 0.25) is 0 Å². The molecule has 12 aromatic carbocycles. The quantitative estimate of drug-likeness (QED) is 0.158. The third kappa shape index (κ3) is 6.49. The Morgan fingerprint density at radius 3 is 1.31 bits per heavy atom. The molecule has 1 aliphatic carbocycles. The van der Waals surface area contributed by atoms with E-state index in [1.54, 1.807) is 0 Å². The van der Waals surface area contributed by atoms with Gasteiger partial charge in [-0.1, -0.05) is 231 Å². The van der Waals surface area contributed by atoms with Crippen LogP contribution in [0, 0.1) is 0 Å². The van der Waals surface area contributed by atoms with Gasteiger partial charge in [-0.05, 0) is 120 Å². The molecule has 0 bridgehead atoms. The van der Waals surface area contributed by atoms with E-state index in [9.17, 15) is 0 Å². The molecule has 12 aromatic rings. The SMILES string of the molecule is c1ccc(-c2cccc(N(c3cc(-c4ccccc4)cc(-c4ccccc4)c3)c3cccc(-c4cccc5c4-c4ccccc4C54c5ccc6ccccc6c5Oc5c4ccc4ccccc54)c3)c2)cc1. The molecule has 0 N–H and O–H groups in total. The van der Waals surface area contributed by atoms with Gasteiger partial charge in [0.1, 0.15) is 11.5 Å². The summed E-state index contributed by atoms with van der Waals surface area (Å²) in [7, 11) is 0. The minimum atomic E-state index is -0.647. The average Bonchev–Trinajstić information content (AvgIpc) is 3.75. The van der Waals surface area contributed by atoms with Crippen molar-refractivity contribution in [3.63, 3.8) is 0 Å². The van der Waals surface area contributed by atoms with Crippen LogP contribution in [0.4, 0.5) is 17.1 Å². The Hall–Kier alpha value is -9.24. The summed E-state index contributed by atoms with van der Waals surface area (Å²) >= 11 is 0. The molecule has 0 atom stereocenters. The summed E-state index contributed by atoms with van der Waals surface area (Å²) in [5.41, 5.74) is 19.2. The minimum Gasteiger partial charge on any atom is -0.455 e. The summed E-state index contributed by atoms with van der Waals surface area (Å²) in [6.45, 7) is 0. The molecular weight excluding hydrogens is 859 g/mol. The van der Waals surface area contributed by atoms with Gasteiger partial charge >= 0.3 is 0 Å². The van der Waals surface area contributed by atoms with Gasteiger partial charge < -0.3 is 9.64 Å². The molecule has 0 saturated heterocycles. The molecule has 0 fully saturated rings. The topological polar surface area (TPSA) is 12.5 Å². The van der Waals surface area contributed by atoms with E-state index in [0.717, 1.165) is 83.5 Å². The number of anilines is 3. The van der Waals surface area contributed by atoms with Crippen LogP contribution in [0.25, 0.3) is 77.2 Å². The molecule has 2 heteroatoms. The zero-order chi connectivity index (χ0) is 46.9. The molecule has 2 nitrogen and oxygen atoms in total. The molecule has 1 aliphatic heterocycles.